The van der Waals surface area contributed by atoms with Crippen LogP contribution in [-0.4, -0.2) is 12.0 Å². The summed E-state index contributed by atoms with van der Waals surface area (Å²) in [6.45, 7) is 7.21. The molecule has 0 saturated heterocycles. The molecule has 0 saturated carbocycles. The first-order chi connectivity index (χ1) is 11.6. The Morgan fingerprint density at radius 3 is 2.40 bits per heavy atom. The minimum absolute atomic E-state index is 0.285. The van der Waals surface area contributed by atoms with Gasteiger partial charge in [0.1, 0.15) is 5.75 Å². The zero-order chi connectivity index (χ0) is 18.8. The van der Waals surface area contributed by atoms with E-state index in [1.807, 2.05) is 26.8 Å². The van der Waals surface area contributed by atoms with E-state index in [0.29, 0.717) is 5.75 Å². The Morgan fingerprint density at radius 2 is 1.76 bits per heavy atom. The molecule has 0 bridgehead atoms. The quantitative estimate of drug-likeness (QED) is 0.838. The molecule has 1 amide bonds. The lowest BCUT2D eigenvalue weighted by molar-refractivity contribution is -0.137. The van der Waals surface area contributed by atoms with Gasteiger partial charge in [-0.25, -0.2) is 0 Å². The molecule has 0 unspecified atom stereocenters. The van der Waals surface area contributed by atoms with Gasteiger partial charge >= 0.3 is 6.18 Å². The van der Waals surface area contributed by atoms with Crippen LogP contribution in [-0.2, 0) is 11.0 Å². The summed E-state index contributed by atoms with van der Waals surface area (Å²) in [6, 6.07) is 8.65. The van der Waals surface area contributed by atoms with E-state index in [4.69, 9.17) is 4.74 Å². The lowest BCUT2D eigenvalue weighted by Crippen LogP contribution is -2.31. The van der Waals surface area contributed by atoms with Crippen LogP contribution in [0, 0.1) is 20.8 Å². The minimum Gasteiger partial charge on any atom is -0.481 e. The number of para-hydroxylation sites is 1. The van der Waals surface area contributed by atoms with Crippen molar-refractivity contribution in [3.05, 3.63) is 58.7 Å². The van der Waals surface area contributed by atoms with Crippen LogP contribution in [0.5, 0.6) is 5.75 Å². The van der Waals surface area contributed by atoms with Crippen LogP contribution in [0.4, 0.5) is 18.9 Å². The zero-order valence-electron chi connectivity index (χ0n) is 14.5. The Kier molecular flexibility index (Phi) is 5.40. The number of carbonyl (C=O) groups excluding carboxylic acids is 1. The van der Waals surface area contributed by atoms with E-state index in [9.17, 15) is 18.0 Å². The maximum absolute atomic E-state index is 13.0. The summed E-state index contributed by atoms with van der Waals surface area (Å²) >= 11 is 0. The fraction of sp³-hybridized carbons (Fsp3) is 0.316. The van der Waals surface area contributed by atoms with Gasteiger partial charge in [0.25, 0.3) is 5.91 Å². The molecule has 0 aliphatic heterocycles. The number of benzene rings is 2. The largest absolute Gasteiger partial charge is 0.481 e. The second-order valence-corrected chi connectivity index (χ2v) is 6.00. The molecule has 1 N–H and O–H groups in total. The number of hydrogen-bond acceptors (Lipinski definition) is 2. The van der Waals surface area contributed by atoms with E-state index in [0.717, 1.165) is 22.8 Å². The van der Waals surface area contributed by atoms with Crippen molar-refractivity contribution in [1.29, 1.82) is 0 Å². The third-order valence-corrected chi connectivity index (χ3v) is 3.93. The maximum Gasteiger partial charge on any atom is 0.418 e. The maximum atomic E-state index is 13.0. The second kappa shape index (κ2) is 7.17. The molecule has 1 atom stereocenters. The first-order valence-corrected chi connectivity index (χ1v) is 7.81. The predicted molar refractivity (Wildman–Crippen MR) is 90.8 cm³/mol. The van der Waals surface area contributed by atoms with Crippen LogP contribution >= 0.6 is 0 Å². The molecule has 0 radical (unpaired) electrons. The summed E-state index contributed by atoms with van der Waals surface area (Å²) in [5.74, 6) is -0.0977. The molecule has 0 spiro atoms. The number of nitrogens with one attached hydrogen (secondary N) is 1. The molecule has 2 rings (SSSR count). The van der Waals surface area contributed by atoms with Crippen molar-refractivity contribution in [3.63, 3.8) is 0 Å². The van der Waals surface area contributed by atoms with Crippen LogP contribution in [0.25, 0.3) is 0 Å². The van der Waals surface area contributed by atoms with Gasteiger partial charge in [0.2, 0.25) is 0 Å². The smallest absolute Gasteiger partial charge is 0.418 e. The van der Waals surface area contributed by atoms with Crippen LogP contribution in [0.15, 0.2) is 36.4 Å². The van der Waals surface area contributed by atoms with E-state index >= 15 is 0 Å². The normalized spacial score (nSPS) is 12.6. The van der Waals surface area contributed by atoms with Crippen molar-refractivity contribution >= 4 is 11.6 Å². The third-order valence-electron chi connectivity index (χ3n) is 3.93. The van der Waals surface area contributed by atoms with Crippen LogP contribution in [0.2, 0.25) is 0 Å². The Hall–Kier alpha value is -2.50. The summed E-state index contributed by atoms with van der Waals surface area (Å²) in [6.07, 6.45) is -5.49. The highest BCUT2D eigenvalue weighted by molar-refractivity contribution is 5.94. The SMILES string of the molecule is Cc1cc(C)c(C)c(O[C@@H](C)C(=O)Nc2ccccc2C(F)(F)F)c1. The van der Waals surface area contributed by atoms with E-state index in [2.05, 4.69) is 5.32 Å². The number of ether oxygens (including phenoxy) is 1. The number of anilines is 1. The minimum atomic E-state index is -4.54. The number of amides is 1. The van der Waals surface area contributed by atoms with E-state index in [1.54, 1.807) is 6.07 Å². The molecule has 2 aromatic rings. The second-order valence-electron chi connectivity index (χ2n) is 6.00. The number of aryl methyl sites for hydroxylation is 2. The first kappa shape index (κ1) is 18.8. The fourth-order valence-corrected chi connectivity index (χ4v) is 2.44. The third kappa shape index (κ3) is 4.53. The molecule has 0 aliphatic carbocycles. The van der Waals surface area contributed by atoms with Crippen LogP contribution in [0.3, 0.4) is 0 Å². The van der Waals surface area contributed by atoms with Gasteiger partial charge in [0.15, 0.2) is 6.10 Å². The Morgan fingerprint density at radius 1 is 1.12 bits per heavy atom. The number of alkyl halides is 3. The van der Waals surface area contributed by atoms with Crippen molar-refractivity contribution in [2.75, 3.05) is 5.32 Å². The van der Waals surface area contributed by atoms with Gasteiger partial charge < -0.3 is 10.1 Å². The first-order valence-electron chi connectivity index (χ1n) is 7.81. The molecule has 0 aliphatic rings. The lowest BCUT2D eigenvalue weighted by Gasteiger charge is -2.19. The summed E-state index contributed by atoms with van der Waals surface area (Å²) in [5, 5.41) is 2.30. The lowest BCUT2D eigenvalue weighted by atomic mass is 10.1. The van der Waals surface area contributed by atoms with Gasteiger partial charge in [0.05, 0.1) is 11.3 Å². The Balaban J connectivity index is 2.17. The summed E-state index contributed by atoms with van der Waals surface area (Å²) in [4.78, 5) is 12.3. The number of carbonyl (C=O) groups is 1. The number of hydrogen-bond donors (Lipinski definition) is 1. The van der Waals surface area contributed by atoms with E-state index in [1.165, 1.54) is 25.1 Å². The van der Waals surface area contributed by atoms with E-state index < -0.39 is 23.8 Å². The molecule has 0 aromatic heterocycles. The van der Waals surface area contributed by atoms with E-state index in [-0.39, 0.29) is 5.69 Å². The van der Waals surface area contributed by atoms with Crippen molar-refractivity contribution in [3.8, 4) is 5.75 Å². The molecule has 0 fully saturated rings. The van der Waals surface area contributed by atoms with Crippen molar-refractivity contribution < 1.29 is 22.7 Å². The molecule has 134 valence electrons. The molecule has 25 heavy (non-hydrogen) atoms. The van der Waals surface area contributed by atoms with Gasteiger partial charge in [-0.3, -0.25) is 4.79 Å². The number of rotatable bonds is 4. The highest BCUT2D eigenvalue weighted by Crippen LogP contribution is 2.34. The molecular formula is C19H20F3NO2. The highest BCUT2D eigenvalue weighted by Gasteiger charge is 2.34. The molecule has 6 heteroatoms. The van der Waals surface area contributed by atoms with Crippen LogP contribution in [0.1, 0.15) is 29.2 Å². The topological polar surface area (TPSA) is 38.3 Å². The highest BCUT2D eigenvalue weighted by atomic mass is 19.4. The van der Waals surface area contributed by atoms with Crippen molar-refractivity contribution in [2.24, 2.45) is 0 Å². The van der Waals surface area contributed by atoms with Crippen LogP contribution < -0.4 is 10.1 Å². The van der Waals surface area contributed by atoms with Gasteiger partial charge in [-0.1, -0.05) is 18.2 Å². The summed E-state index contributed by atoms with van der Waals surface area (Å²) in [5.41, 5.74) is 1.71. The van der Waals surface area contributed by atoms with Crippen molar-refractivity contribution in [1.82, 2.24) is 0 Å². The fourth-order valence-electron chi connectivity index (χ4n) is 2.44. The standard InChI is InChI=1S/C19H20F3NO2/c1-11-9-12(2)13(3)17(10-11)25-14(4)18(24)23-16-8-6-5-7-15(16)19(20,21)22/h5-10,14H,1-4H3,(H,23,24)/t14-/m0/s1. The van der Waals surface area contributed by atoms with Gasteiger partial charge in [-0.2, -0.15) is 13.2 Å². The zero-order valence-corrected chi connectivity index (χ0v) is 14.5. The molecule has 3 nitrogen and oxygen atoms in total. The Labute approximate surface area is 144 Å². The average Bonchev–Trinajstić information content (AvgIpc) is 2.51. The predicted octanol–water partition coefficient (Wildman–Crippen LogP) is 5.04. The summed E-state index contributed by atoms with van der Waals surface area (Å²) in [7, 11) is 0. The van der Waals surface area contributed by atoms with Gasteiger partial charge in [0, 0.05) is 0 Å². The average molecular weight is 351 g/mol. The number of halogens is 3. The van der Waals surface area contributed by atoms with Gasteiger partial charge in [-0.05, 0) is 62.6 Å². The Bertz CT molecular complexity index is 785. The summed E-state index contributed by atoms with van der Waals surface area (Å²) < 4.78 is 44.7. The van der Waals surface area contributed by atoms with Gasteiger partial charge in [-0.15, -0.1) is 0 Å². The molecule has 0 heterocycles. The molecular weight excluding hydrogens is 331 g/mol. The molecule has 2 aromatic carbocycles. The monoisotopic (exact) mass is 351 g/mol. The van der Waals surface area contributed by atoms with Crippen molar-refractivity contribution in [2.45, 2.75) is 40.0 Å².